The predicted octanol–water partition coefficient (Wildman–Crippen LogP) is 5.92. The lowest BCUT2D eigenvalue weighted by Gasteiger charge is -2.16. The van der Waals surface area contributed by atoms with Crippen LogP contribution in [0.4, 0.5) is 0 Å². The summed E-state index contributed by atoms with van der Waals surface area (Å²) in [5.41, 5.74) is 4.52. The summed E-state index contributed by atoms with van der Waals surface area (Å²) in [4.78, 5) is 0. The smallest absolute Gasteiger partial charge is 0.180 e. The minimum atomic E-state index is 0.441. The number of aryl methyl sites for hydroxylation is 1. The molecule has 0 aliphatic heterocycles. The van der Waals surface area contributed by atoms with Crippen LogP contribution in [0, 0.1) is 6.92 Å². The van der Waals surface area contributed by atoms with Gasteiger partial charge in [-0.3, -0.25) is 0 Å². The standard InChI is InChI=1S/C25H28ClNO3/c1-4-29-24-14-21(16-27-15-19-8-10-22(28-3)11-9-19)13-23(26)25(24)30-17-20-7-5-6-18(2)12-20/h5-14,27H,4,15-17H2,1-3H3. The average molecular weight is 426 g/mol. The van der Waals surface area contributed by atoms with Gasteiger partial charge in [-0.1, -0.05) is 53.6 Å². The van der Waals surface area contributed by atoms with Crippen molar-refractivity contribution in [3.05, 3.63) is 87.9 Å². The summed E-state index contributed by atoms with van der Waals surface area (Å²) >= 11 is 6.55. The molecule has 0 unspecified atom stereocenters. The molecule has 0 heterocycles. The molecule has 5 heteroatoms. The Morgan fingerprint density at radius 2 is 1.63 bits per heavy atom. The molecule has 0 saturated heterocycles. The maximum absolute atomic E-state index is 6.55. The Bertz CT molecular complexity index is 957. The lowest BCUT2D eigenvalue weighted by atomic mass is 10.1. The van der Waals surface area contributed by atoms with Crippen molar-refractivity contribution in [3.8, 4) is 17.2 Å². The second-order valence-corrected chi connectivity index (χ2v) is 7.47. The third-order valence-electron chi connectivity index (χ3n) is 4.65. The van der Waals surface area contributed by atoms with E-state index in [4.69, 9.17) is 25.8 Å². The van der Waals surface area contributed by atoms with Gasteiger partial charge in [0.15, 0.2) is 11.5 Å². The van der Waals surface area contributed by atoms with Gasteiger partial charge < -0.3 is 19.5 Å². The van der Waals surface area contributed by atoms with Crippen LogP contribution in [0.5, 0.6) is 17.2 Å². The first-order valence-electron chi connectivity index (χ1n) is 10.1. The monoisotopic (exact) mass is 425 g/mol. The molecule has 158 valence electrons. The van der Waals surface area contributed by atoms with Gasteiger partial charge in [-0.15, -0.1) is 0 Å². The predicted molar refractivity (Wildman–Crippen MR) is 122 cm³/mol. The summed E-state index contributed by atoms with van der Waals surface area (Å²) < 4.78 is 17.0. The van der Waals surface area contributed by atoms with Gasteiger partial charge in [-0.2, -0.15) is 0 Å². The van der Waals surface area contributed by atoms with Gasteiger partial charge in [-0.25, -0.2) is 0 Å². The van der Waals surface area contributed by atoms with E-state index < -0.39 is 0 Å². The van der Waals surface area contributed by atoms with Crippen molar-refractivity contribution in [1.29, 1.82) is 0 Å². The van der Waals surface area contributed by atoms with Gasteiger partial charge in [0.05, 0.1) is 18.7 Å². The third-order valence-corrected chi connectivity index (χ3v) is 4.93. The van der Waals surface area contributed by atoms with Crippen LogP contribution in [0.25, 0.3) is 0 Å². The minimum absolute atomic E-state index is 0.441. The van der Waals surface area contributed by atoms with Crippen molar-refractivity contribution < 1.29 is 14.2 Å². The van der Waals surface area contributed by atoms with Crippen molar-refractivity contribution >= 4 is 11.6 Å². The number of halogens is 1. The number of nitrogens with one attached hydrogen (secondary N) is 1. The maximum atomic E-state index is 6.55. The van der Waals surface area contributed by atoms with Crippen molar-refractivity contribution in [2.24, 2.45) is 0 Å². The highest BCUT2D eigenvalue weighted by Gasteiger charge is 2.13. The normalized spacial score (nSPS) is 10.7. The largest absolute Gasteiger partial charge is 0.497 e. The van der Waals surface area contributed by atoms with E-state index in [-0.39, 0.29) is 0 Å². The van der Waals surface area contributed by atoms with Crippen molar-refractivity contribution in [3.63, 3.8) is 0 Å². The van der Waals surface area contributed by atoms with Crippen LogP contribution < -0.4 is 19.5 Å². The van der Waals surface area contributed by atoms with E-state index in [1.807, 2.05) is 55.5 Å². The highest BCUT2D eigenvalue weighted by Crippen LogP contribution is 2.37. The highest BCUT2D eigenvalue weighted by atomic mass is 35.5. The van der Waals surface area contributed by atoms with E-state index in [0.29, 0.717) is 36.3 Å². The van der Waals surface area contributed by atoms with Gasteiger partial charge in [-0.05, 0) is 54.8 Å². The lowest BCUT2D eigenvalue weighted by molar-refractivity contribution is 0.269. The summed E-state index contributed by atoms with van der Waals surface area (Å²) in [5, 5.41) is 3.99. The molecular formula is C25H28ClNO3. The fourth-order valence-electron chi connectivity index (χ4n) is 3.18. The molecule has 0 bridgehead atoms. The Labute approximate surface area is 183 Å². The Hall–Kier alpha value is -2.69. The van der Waals surface area contributed by atoms with Gasteiger partial charge in [0.25, 0.3) is 0 Å². The minimum Gasteiger partial charge on any atom is -0.497 e. The SMILES string of the molecule is CCOc1cc(CNCc2ccc(OC)cc2)cc(Cl)c1OCc1cccc(C)c1. The number of hydrogen-bond donors (Lipinski definition) is 1. The Kier molecular flexibility index (Phi) is 8.00. The summed E-state index contributed by atoms with van der Waals surface area (Å²) in [6.45, 7) is 6.42. The van der Waals surface area contributed by atoms with Crippen molar-refractivity contribution in [2.75, 3.05) is 13.7 Å². The zero-order chi connectivity index (χ0) is 21.3. The fourth-order valence-corrected chi connectivity index (χ4v) is 3.47. The fraction of sp³-hybridized carbons (Fsp3) is 0.280. The van der Waals surface area contributed by atoms with E-state index in [1.165, 1.54) is 11.1 Å². The molecule has 0 radical (unpaired) electrons. The zero-order valence-corrected chi connectivity index (χ0v) is 18.5. The second-order valence-electron chi connectivity index (χ2n) is 7.07. The molecule has 3 aromatic rings. The average Bonchev–Trinajstić information content (AvgIpc) is 2.74. The molecule has 3 rings (SSSR count). The van der Waals surface area contributed by atoms with E-state index in [1.54, 1.807) is 7.11 Å². The van der Waals surface area contributed by atoms with Crippen LogP contribution in [-0.4, -0.2) is 13.7 Å². The van der Waals surface area contributed by atoms with E-state index >= 15 is 0 Å². The lowest BCUT2D eigenvalue weighted by Crippen LogP contribution is -2.13. The molecule has 30 heavy (non-hydrogen) atoms. The van der Waals surface area contributed by atoms with E-state index in [2.05, 4.69) is 24.4 Å². The van der Waals surface area contributed by atoms with Crippen LogP contribution in [0.3, 0.4) is 0 Å². The Morgan fingerprint density at radius 1 is 0.867 bits per heavy atom. The van der Waals surface area contributed by atoms with Gasteiger partial charge in [0.1, 0.15) is 12.4 Å². The molecular weight excluding hydrogens is 398 g/mol. The summed E-state index contributed by atoms with van der Waals surface area (Å²) in [5.74, 6) is 2.10. The topological polar surface area (TPSA) is 39.7 Å². The Morgan fingerprint density at radius 3 is 2.33 bits per heavy atom. The number of hydrogen-bond acceptors (Lipinski definition) is 4. The van der Waals surface area contributed by atoms with E-state index in [9.17, 15) is 0 Å². The highest BCUT2D eigenvalue weighted by molar-refractivity contribution is 6.32. The number of methoxy groups -OCH3 is 1. The molecule has 0 spiro atoms. The molecule has 0 saturated carbocycles. The Balaban J connectivity index is 1.65. The molecule has 0 aromatic heterocycles. The van der Waals surface area contributed by atoms with Crippen LogP contribution >= 0.6 is 11.6 Å². The number of benzene rings is 3. The third kappa shape index (κ3) is 6.15. The van der Waals surface area contributed by atoms with Crippen LogP contribution in [0.15, 0.2) is 60.7 Å². The van der Waals surface area contributed by atoms with Gasteiger partial charge in [0.2, 0.25) is 0 Å². The van der Waals surface area contributed by atoms with Gasteiger partial charge >= 0.3 is 0 Å². The summed E-state index contributed by atoms with van der Waals surface area (Å²) in [6, 6.07) is 20.2. The first-order valence-corrected chi connectivity index (χ1v) is 10.4. The van der Waals surface area contributed by atoms with Crippen molar-refractivity contribution in [1.82, 2.24) is 5.32 Å². The second kappa shape index (κ2) is 10.9. The molecule has 0 amide bonds. The van der Waals surface area contributed by atoms with Crippen LogP contribution in [0.1, 0.15) is 29.2 Å². The molecule has 4 nitrogen and oxygen atoms in total. The van der Waals surface area contributed by atoms with Crippen LogP contribution in [0.2, 0.25) is 5.02 Å². The molecule has 1 N–H and O–H groups in total. The first-order chi connectivity index (χ1) is 14.6. The van der Waals surface area contributed by atoms with E-state index in [0.717, 1.165) is 23.4 Å². The van der Waals surface area contributed by atoms with Gasteiger partial charge in [0, 0.05) is 13.1 Å². The summed E-state index contributed by atoms with van der Waals surface area (Å²) in [7, 11) is 1.67. The number of ether oxygens (including phenoxy) is 3. The number of rotatable bonds is 10. The van der Waals surface area contributed by atoms with Crippen molar-refractivity contribution in [2.45, 2.75) is 33.5 Å². The quantitative estimate of drug-likeness (QED) is 0.437. The molecule has 3 aromatic carbocycles. The molecule has 0 fully saturated rings. The maximum Gasteiger partial charge on any atom is 0.180 e. The van der Waals surface area contributed by atoms with Crippen LogP contribution in [-0.2, 0) is 19.7 Å². The zero-order valence-electron chi connectivity index (χ0n) is 17.7. The molecule has 0 aliphatic carbocycles. The summed E-state index contributed by atoms with van der Waals surface area (Å²) in [6.07, 6.45) is 0. The first kappa shape index (κ1) is 22.0. The molecule has 0 aliphatic rings. The molecule has 0 atom stereocenters.